The summed E-state index contributed by atoms with van der Waals surface area (Å²) in [6.45, 7) is 5.18. The van der Waals surface area contributed by atoms with Gasteiger partial charge in [-0.3, -0.25) is 4.79 Å². The van der Waals surface area contributed by atoms with Gasteiger partial charge in [0, 0.05) is 30.3 Å². The molecule has 3 atom stereocenters. The Bertz CT molecular complexity index is 973. The molecule has 2 bridgehead atoms. The molecule has 3 unspecified atom stereocenters. The van der Waals surface area contributed by atoms with Crippen LogP contribution in [0.3, 0.4) is 0 Å². The van der Waals surface area contributed by atoms with Crippen LogP contribution < -0.4 is 0 Å². The van der Waals surface area contributed by atoms with Gasteiger partial charge in [-0.15, -0.1) is 0 Å². The molecule has 3 fully saturated rings. The fourth-order valence-corrected chi connectivity index (χ4v) is 8.77. The van der Waals surface area contributed by atoms with E-state index in [2.05, 4.69) is 43.3 Å². The van der Waals surface area contributed by atoms with Crippen molar-refractivity contribution in [2.24, 2.45) is 16.7 Å². The lowest BCUT2D eigenvalue weighted by Crippen LogP contribution is -2.49. The van der Waals surface area contributed by atoms with E-state index in [0.29, 0.717) is 19.5 Å². The van der Waals surface area contributed by atoms with Crippen molar-refractivity contribution in [1.82, 2.24) is 4.31 Å². The lowest BCUT2D eigenvalue weighted by molar-refractivity contribution is -0.128. The average Bonchev–Trinajstić information content (AvgIpc) is 3.19. The van der Waals surface area contributed by atoms with Crippen LogP contribution in [0.5, 0.6) is 0 Å². The molecule has 2 saturated carbocycles. The molecule has 1 aromatic rings. The number of nitrogens with zero attached hydrogens (tertiary/aromatic N) is 1. The zero-order valence-electron chi connectivity index (χ0n) is 16.8. The van der Waals surface area contributed by atoms with Crippen molar-refractivity contribution in [3.63, 3.8) is 0 Å². The lowest BCUT2D eigenvalue weighted by atomic mass is 9.70. The largest absolute Gasteiger partial charge is 0.299 e. The molecule has 0 radical (unpaired) electrons. The lowest BCUT2D eigenvalue weighted by Gasteiger charge is -2.41. The van der Waals surface area contributed by atoms with E-state index in [-0.39, 0.29) is 22.9 Å². The Morgan fingerprint density at radius 1 is 1.11 bits per heavy atom. The van der Waals surface area contributed by atoms with E-state index in [1.807, 2.05) is 6.92 Å². The number of carbonyl (C=O) groups excluding carboxylic acids is 1. The van der Waals surface area contributed by atoms with Crippen LogP contribution in [0.2, 0.25) is 0 Å². The summed E-state index contributed by atoms with van der Waals surface area (Å²) in [5.41, 5.74) is 1.71. The van der Waals surface area contributed by atoms with Crippen LogP contribution >= 0.6 is 0 Å². The first-order valence-electron chi connectivity index (χ1n) is 10.5. The van der Waals surface area contributed by atoms with Crippen LogP contribution in [0, 0.1) is 16.7 Å². The van der Waals surface area contributed by atoms with Gasteiger partial charge in [-0.25, -0.2) is 12.7 Å². The molecule has 1 aliphatic heterocycles. The average molecular weight is 400 g/mol. The van der Waals surface area contributed by atoms with E-state index >= 15 is 0 Å². The number of rotatable bonds is 3. The minimum Gasteiger partial charge on any atom is -0.299 e. The number of piperidine rings is 1. The summed E-state index contributed by atoms with van der Waals surface area (Å²) >= 11 is 0. The van der Waals surface area contributed by atoms with Crippen molar-refractivity contribution in [2.45, 2.75) is 51.4 Å². The molecule has 4 aliphatic rings. The van der Waals surface area contributed by atoms with Gasteiger partial charge in [-0.1, -0.05) is 50.3 Å². The zero-order valence-corrected chi connectivity index (χ0v) is 17.6. The second-order valence-corrected chi connectivity index (χ2v) is 11.8. The number of benzene rings is 1. The third-order valence-corrected chi connectivity index (χ3v) is 10.9. The van der Waals surface area contributed by atoms with Gasteiger partial charge in [-0.2, -0.15) is 0 Å². The van der Waals surface area contributed by atoms with E-state index in [1.165, 1.54) is 11.1 Å². The first-order chi connectivity index (χ1) is 13.2. The predicted octanol–water partition coefficient (Wildman–Crippen LogP) is 3.77. The van der Waals surface area contributed by atoms with Gasteiger partial charge >= 0.3 is 0 Å². The Balaban J connectivity index is 1.35. The molecule has 28 heavy (non-hydrogen) atoms. The number of Topliss-reactive ketones (excluding diaryl/α,β-unsaturated/α-hetero) is 1. The Hall–Kier alpha value is -1.46. The van der Waals surface area contributed by atoms with E-state index < -0.39 is 20.9 Å². The molecule has 5 heteroatoms. The highest BCUT2D eigenvalue weighted by Crippen LogP contribution is 2.64. The normalized spacial score (nSPS) is 36.4. The number of hydrogen-bond acceptors (Lipinski definition) is 3. The molecule has 0 aromatic heterocycles. The summed E-state index contributed by atoms with van der Waals surface area (Å²) in [6.07, 6.45) is 8.51. The zero-order chi connectivity index (χ0) is 19.8. The predicted molar refractivity (Wildman–Crippen MR) is 110 cm³/mol. The summed E-state index contributed by atoms with van der Waals surface area (Å²) in [5.74, 6) is 0.610. The molecular weight excluding hydrogens is 370 g/mol. The van der Waals surface area contributed by atoms with Gasteiger partial charge in [0.25, 0.3) is 0 Å². The van der Waals surface area contributed by atoms with Gasteiger partial charge < -0.3 is 0 Å². The van der Waals surface area contributed by atoms with Crippen molar-refractivity contribution in [3.05, 3.63) is 41.5 Å². The van der Waals surface area contributed by atoms with Crippen LogP contribution in [0.1, 0.15) is 57.1 Å². The smallest absolute Gasteiger partial charge is 0.214 e. The molecule has 3 aliphatic carbocycles. The SMILES string of the molecule is CC12CCC(CC1=O)C2(C)CS(=O)(=O)N1CCC2(C=Cc3ccccc32)CC1. The third kappa shape index (κ3) is 2.32. The molecule has 1 saturated heterocycles. The number of sulfonamides is 1. The summed E-state index contributed by atoms with van der Waals surface area (Å²) < 4.78 is 28.4. The number of carbonyl (C=O) groups is 1. The monoisotopic (exact) mass is 399 g/mol. The molecule has 0 N–H and O–H groups in total. The van der Waals surface area contributed by atoms with Crippen molar-refractivity contribution < 1.29 is 13.2 Å². The number of fused-ring (bicyclic) bond motifs is 4. The number of hydrogen-bond donors (Lipinski definition) is 0. The van der Waals surface area contributed by atoms with Gasteiger partial charge in [-0.05, 0) is 48.1 Å². The van der Waals surface area contributed by atoms with Gasteiger partial charge in [0.15, 0.2) is 0 Å². The van der Waals surface area contributed by atoms with E-state index in [9.17, 15) is 13.2 Å². The maximum absolute atomic E-state index is 13.4. The molecule has 150 valence electrons. The maximum atomic E-state index is 13.4. The Morgan fingerprint density at radius 2 is 1.82 bits per heavy atom. The molecular formula is C23H29NO3S. The fourth-order valence-electron chi connectivity index (χ4n) is 6.53. The Morgan fingerprint density at radius 3 is 2.46 bits per heavy atom. The third-order valence-electron chi connectivity index (χ3n) is 8.77. The summed E-state index contributed by atoms with van der Waals surface area (Å²) in [7, 11) is -3.38. The minimum absolute atomic E-state index is 0.0130. The second-order valence-electron chi connectivity index (χ2n) is 9.84. The van der Waals surface area contributed by atoms with Crippen molar-refractivity contribution >= 4 is 21.9 Å². The van der Waals surface area contributed by atoms with E-state index in [4.69, 9.17) is 0 Å². The van der Waals surface area contributed by atoms with Crippen LogP contribution in [0.4, 0.5) is 0 Å². The second kappa shape index (κ2) is 5.79. The number of allylic oxidation sites excluding steroid dienone is 1. The van der Waals surface area contributed by atoms with Crippen LogP contribution in [-0.4, -0.2) is 37.3 Å². The quantitative estimate of drug-likeness (QED) is 0.777. The number of ketones is 1. The summed E-state index contributed by atoms with van der Waals surface area (Å²) in [6, 6.07) is 8.45. The highest BCUT2D eigenvalue weighted by molar-refractivity contribution is 7.89. The van der Waals surface area contributed by atoms with Gasteiger partial charge in [0.2, 0.25) is 10.0 Å². The van der Waals surface area contributed by atoms with Gasteiger partial charge in [0.1, 0.15) is 5.78 Å². The minimum atomic E-state index is -3.38. The van der Waals surface area contributed by atoms with Gasteiger partial charge in [0.05, 0.1) is 5.75 Å². The van der Waals surface area contributed by atoms with Crippen LogP contribution in [0.25, 0.3) is 6.08 Å². The van der Waals surface area contributed by atoms with E-state index in [0.717, 1.165) is 25.7 Å². The van der Waals surface area contributed by atoms with Crippen LogP contribution in [-0.2, 0) is 20.2 Å². The standard InChI is InChI=1S/C23H29NO3S/c1-21-9-8-18(15-20(21)25)22(21,2)16-28(26,27)24-13-11-23(12-14-24)10-7-17-5-3-4-6-19(17)23/h3-7,10,18H,8-9,11-16H2,1-2H3. The van der Waals surface area contributed by atoms with Crippen molar-refractivity contribution in [2.75, 3.05) is 18.8 Å². The molecule has 0 amide bonds. The molecule has 1 heterocycles. The van der Waals surface area contributed by atoms with Crippen molar-refractivity contribution in [1.29, 1.82) is 0 Å². The van der Waals surface area contributed by atoms with E-state index in [1.54, 1.807) is 4.31 Å². The highest BCUT2D eigenvalue weighted by atomic mass is 32.2. The molecule has 1 aromatic carbocycles. The molecule has 5 rings (SSSR count). The highest BCUT2D eigenvalue weighted by Gasteiger charge is 2.65. The summed E-state index contributed by atoms with van der Waals surface area (Å²) in [4.78, 5) is 12.5. The first-order valence-corrected chi connectivity index (χ1v) is 12.1. The maximum Gasteiger partial charge on any atom is 0.214 e. The summed E-state index contributed by atoms with van der Waals surface area (Å²) in [5, 5.41) is 0. The van der Waals surface area contributed by atoms with Crippen molar-refractivity contribution in [3.8, 4) is 0 Å². The Labute approximate surface area is 168 Å². The molecule has 4 nitrogen and oxygen atoms in total. The fraction of sp³-hybridized carbons (Fsp3) is 0.609. The topological polar surface area (TPSA) is 54.5 Å². The first kappa shape index (κ1) is 18.6. The molecule has 1 spiro atoms. The van der Waals surface area contributed by atoms with Crippen LogP contribution in [0.15, 0.2) is 30.3 Å². The Kier molecular flexibility index (Phi) is 3.84.